The molecule has 0 aliphatic rings. The van der Waals surface area contributed by atoms with Gasteiger partial charge in [0.25, 0.3) is 0 Å². The summed E-state index contributed by atoms with van der Waals surface area (Å²) in [4.78, 5) is 14.7. The largest absolute Gasteiger partial charge is 0.476 e. The second kappa shape index (κ2) is 5.30. The van der Waals surface area contributed by atoms with Gasteiger partial charge in [-0.3, -0.25) is 0 Å². The smallest absolute Gasteiger partial charge is 0.358 e. The first kappa shape index (κ1) is 14.0. The molecule has 6 nitrogen and oxygen atoms in total. The van der Waals surface area contributed by atoms with Crippen LogP contribution in [0.1, 0.15) is 10.5 Å². The first-order valence-electron chi connectivity index (χ1n) is 5.55. The van der Waals surface area contributed by atoms with Crippen LogP contribution in [-0.4, -0.2) is 30.7 Å². The minimum absolute atomic E-state index is 0.0137. The molecule has 0 aliphatic carbocycles. The number of sulfone groups is 1. The molecule has 1 N–H and O–H groups in total. The lowest BCUT2D eigenvalue weighted by Gasteiger charge is -2.10. The summed E-state index contributed by atoms with van der Waals surface area (Å²) in [5.74, 6) is -1.21. The van der Waals surface area contributed by atoms with E-state index in [2.05, 4.69) is 4.98 Å². The molecule has 7 heteroatoms. The number of carbonyl (C=O) groups is 1. The van der Waals surface area contributed by atoms with E-state index < -0.39 is 15.8 Å². The molecule has 2 aromatic rings. The van der Waals surface area contributed by atoms with Crippen molar-refractivity contribution < 1.29 is 23.1 Å². The average Bonchev–Trinajstić information content (AvgIpc) is 2.38. The maximum Gasteiger partial charge on any atom is 0.358 e. The van der Waals surface area contributed by atoms with Gasteiger partial charge in [0.15, 0.2) is 21.3 Å². The molecule has 0 spiro atoms. The predicted octanol–water partition coefficient (Wildman–Crippen LogP) is 1.98. The van der Waals surface area contributed by atoms with Gasteiger partial charge in [-0.25, -0.2) is 18.2 Å². The van der Waals surface area contributed by atoms with Crippen molar-refractivity contribution in [2.75, 3.05) is 6.26 Å². The third kappa shape index (κ3) is 2.94. The second-order valence-electron chi connectivity index (χ2n) is 3.98. The van der Waals surface area contributed by atoms with Crippen LogP contribution in [0.2, 0.25) is 0 Å². The Morgan fingerprint density at radius 3 is 2.45 bits per heavy atom. The molecule has 0 radical (unpaired) electrons. The van der Waals surface area contributed by atoms with Crippen LogP contribution < -0.4 is 4.74 Å². The van der Waals surface area contributed by atoms with Gasteiger partial charge in [0, 0.05) is 12.5 Å². The van der Waals surface area contributed by atoms with Gasteiger partial charge in [-0.05, 0) is 24.3 Å². The van der Waals surface area contributed by atoms with Crippen LogP contribution in [0.25, 0.3) is 0 Å². The van der Waals surface area contributed by atoms with Crippen LogP contribution in [0.15, 0.2) is 47.5 Å². The Morgan fingerprint density at radius 2 is 1.80 bits per heavy atom. The van der Waals surface area contributed by atoms with Crippen molar-refractivity contribution in [3.63, 3.8) is 0 Å². The number of rotatable bonds is 4. The fourth-order valence-corrected chi connectivity index (χ4v) is 2.39. The van der Waals surface area contributed by atoms with Gasteiger partial charge in [0.05, 0.1) is 0 Å². The van der Waals surface area contributed by atoms with E-state index in [0.29, 0.717) is 0 Å². The molecule has 1 aromatic carbocycles. The molecule has 0 atom stereocenters. The van der Waals surface area contributed by atoms with E-state index in [9.17, 15) is 13.2 Å². The number of nitrogens with zero attached hydrogens (tertiary/aromatic N) is 1. The quantitative estimate of drug-likeness (QED) is 0.926. The third-order valence-corrected chi connectivity index (χ3v) is 3.58. The number of aromatic nitrogens is 1. The Hall–Kier alpha value is -2.41. The molecule has 0 saturated carbocycles. The molecule has 0 saturated heterocycles. The zero-order chi connectivity index (χ0) is 14.8. The monoisotopic (exact) mass is 293 g/mol. The molecule has 1 heterocycles. The maximum absolute atomic E-state index is 11.7. The van der Waals surface area contributed by atoms with Crippen molar-refractivity contribution in [1.82, 2.24) is 4.98 Å². The van der Waals surface area contributed by atoms with E-state index in [-0.39, 0.29) is 22.1 Å². The molecule has 1 aromatic heterocycles. The van der Waals surface area contributed by atoms with Gasteiger partial charge in [-0.15, -0.1) is 0 Å². The van der Waals surface area contributed by atoms with Crippen LogP contribution in [-0.2, 0) is 9.84 Å². The zero-order valence-corrected chi connectivity index (χ0v) is 11.3. The van der Waals surface area contributed by atoms with E-state index in [1.807, 2.05) is 0 Å². The lowest BCUT2D eigenvalue weighted by Crippen LogP contribution is -2.05. The Kier molecular flexibility index (Phi) is 3.71. The first-order valence-corrected chi connectivity index (χ1v) is 7.44. The number of carboxylic acid groups (broad SMARTS) is 1. The summed E-state index contributed by atoms with van der Waals surface area (Å²) >= 11 is 0. The average molecular weight is 293 g/mol. The molecule has 0 bridgehead atoms. The van der Waals surface area contributed by atoms with Gasteiger partial charge in [0.2, 0.25) is 0 Å². The standard InChI is InChI=1S/C13H11NO5S/c1-20(17,18)11-7-3-2-5-9(11)19-10-6-4-8-14-12(10)13(15)16/h2-8H,1H3,(H,15,16). The molecule has 0 fully saturated rings. The summed E-state index contributed by atoms with van der Waals surface area (Å²) in [5, 5.41) is 9.01. The second-order valence-corrected chi connectivity index (χ2v) is 5.96. The maximum atomic E-state index is 11.7. The lowest BCUT2D eigenvalue weighted by atomic mass is 10.3. The topological polar surface area (TPSA) is 93.6 Å². The van der Waals surface area contributed by atoms with E-state index in [1.54, 1.807) is 12.1 Å². The molecular formula is C13H11NO5S. The number of hydrogen-bond donors (Lipinski definition) is 1. The normalized spacial score (nSPS) is 11.1. The van der Waals surface area contributed by atoms with E-state index in [0.717, 1.165) is 6.26 Å². The highest BCUT2D eigenvalue weighted by Gasteiger charge is 2.18. The summed E-state index contributed by atoms with van der Waals surface area (Å²) in [6.45, 7) is 0. The molecule has 0 unspecified atom stereocenters. The van der Waals surface area contributed by atoms with Crippen molar-refractivity contribution in [1.29, 1.82) is 0 Å². The lowest BCUT2D eigenvalue weighted by molar-refractivity contribution is 0.0687. The number of hydrogen-bond acceptors (Lipinski definition) is 5. The van der Waals surface area contributed by atoms with Crippen molar-refractivity contribution in [3.05, 3.63) is 48.3 Å². The molecule has 2 rings (SSSR count). The van der Waals surface area contributed by atoms with Crippen molar-refractivity contribution in [3.8, 4) is 11.5 Å². The molecule has 104 valence electrons. The van der Waals surface area contributed by atoms with Crippen LogP contribution in [0, 0.1) is 0 Å². The van der Waals surface area contributed by atoms with Gasteiger partial charge in [0.1, 0.15) is 10.6 Å². The fourth-order valence-electron chi connectivity index (χ4n) is 1.59. The number of benzene rings is 1. The van der Waals surface area contributed by atoms with Crippen LogP contribution >= 0.6 is 0 Å². The van der Waals surface area contributed by atoms with Gasteiger partial charge < -0.3 is 9.84 Å². The van der Waals surface area contributed by atoms with E-state index >= 15 is 0 Å². The fraction of sp³-hybridized carbons (Fsp3) is 0.0769. The highest BCUT2D eigenvalue weighted by atomic mass is 32.2. The van der Waals surface area contributed by atoms with Crippen LogP contribution in [0.3, 0.4) is 0 Å². The minimum Gasteiger partial charge on any atom is -0.476 e. The Bertz CT molecular complexity index is 755. The first-order chi connectivity index (χ1) is 9.39. The van der Waals surface area contributed by atoms with Crippen molar-refractivity contribution >= 4 is 15.8 Å². The van der Waals surface area contributed by atoms with Crippen molar-refractivity contribution in [2.24, 2.45) is 0 Å². The Labute approximate surface area is 115 Å². The summed E-state index contributed by atoms with van der Waals surface area (Å²) in [7, 11) is -3.48. The predicted molar refractivity (Wildman–Crippen MR) is 70.8 cm³/mol. The highest BCUT2D eigenvalue weighted by Crippen LogP contribution is 2.29. The SMILES string of the molecule is CS(=O)(=O)c1ccccc1Oc1cccnc1C(=O)O. The third-order valence-electron chi connectivity index (χ3n) is 2.44. The number of para-hydroxylation sites is 1. The van der Waals surface area contributed by atoms with Gasteiger partial charge in [-0.1, -0.05) is 12.1 Å². The van der Waals surface area contributed by atoms with E-state index in [1.165, 1.54) is 30.5 Å². The number of pyridine rings is 1. The molecular weight excluding hydrogens is 282 g/mol. The summed E-state index contributed by atoms with van der Waals surface area (Å²) in [6, 6.07) is 8.92. The van der Waals surface area contributed by atoms with E-state index in [4.69, 9.17) is 9.84 Å². The molecule has 0 amide bonds. The molecule has 0 aliphatic heterocycles. The van der Waals surface area contributed by atoms with Crippen LogP contribution in [0.4, 0.5) is 0 Å². The number of ether oxygens (including phenoxy) is 1. The van der Waals surface area contributed by atoms with Crippen LogP contribution in [0.5, 0.6) is 11.5 Å². The summed E-state index contributed by atoms with van der Waals surface area (Å²) in [6.07, 6.45) is 2.37. The molecule has 20 heavy (non-hydrogen) atoms. The van der Waals surface area contributed by atoms with Crippen molar-refractivity contribution in [2.45, 2.75) is 4.90 Å². The summed E-state index contributed by atoms with van der Waals surface area (Å²) < 4.78 is 28.7. The van der Waals surface area contributed by atoms with Gasteiger partial charge >= 0.3 is 5.97 Å². The summed E-state index contributed by atoms with van der Waals surface area (Å²) in [5.41, 5.74) is -0.282. The number of aromatic carboxylic acids is 1. The van der Waals surface area contributed by atoms with Gasteiger partial charge in [-0.2, -0.15) is 0 Å². The zero-order valence-electron chi connectivity index (χ0n) is 10.5. The number of carboxylic acids is 1. The Morgan fingerprint density at radius 1 is 1.15 bits per heavy atom. The Balaban J connectivity index is 2.49. The minimum atomic E-state index is -3.48. The highest BCUT2D eigenvalue weighted by molar-refractivity contribution is 7.90.